The summed E-state index contributed by atoms with van der Waals surface area (Å²) in [6.45, 7) is 2.80. The number of rotatable bonds is 5. The Labute approximate surface area is 141 Å². The average Bonchev–Trinajstić information content (AvgIpc) is 3.05. The Morgan fingerprint density at radius 3 is 2.71 bits per heavy atom. The molecule has 24 heavy (non-hydrogen) atoms. The first-order chi connectivity index (χ1) is 11.8. The van der Waals surface area contributed by atoms with E-state index < -0.39 is 0 Å². The standard InChI is InChI=1S/C16H23N7O/c24-15(12-23-8-4-2-1-3-5-9-23)19-11-14-20-16(22-21-14)13-10-17-6-7-18-13/h6-7,10H,1-5,8-9,11-12H2,(H,19,24)(H,20,21,22). The van der Waals surface area contributed by atoms with Crippen molar-refractivity contribution < 1.29 is 4.79 Å². The Hall–Kier alpha value is -2.35. The lowest BCUT2D eigenvalue weighted by Crippen LogP contribution is -2.38. The molecule has 1 amide bonds. The minimum Gasteiger partial charge on any atom is -0.348 e. The van der Waals surface area contributed by atoms with E-state index in [2.05, 4.69) is 35.4 Å². The monoisotopic (exact) mass is 329 g/mol. The minimum atomic E-state index is 0.0213. The van der Waals surface area contributed by atoms with Gasteiger partial charge in [0, 0.05) is 12.4 Å². The van der Waals surface area contributed by atoms with Crippen molar-refractivity contribution in [3.05, 3.63) is 24.4 Å². The van der Waals surface area contributed by atoms with Crippen molar-refractivity contribution in [2.75, 3.05) is 19.6 Å². The molecule has 0 aliphatic carbocycles. The summed E-state index contributed by atoms with van der Waals surface area (Å²) in [5.74, 6) is 1.11. The first-order valence-corrected chi connectivity index (χ1v) is 8.48. The van der Waals surface area contributed by atoms with Gasteiger partial charge >= 0.3 is 0 Å². The van der Waals surface area contributed by atoms with E-state index in [1.54, 1.807) is 18.6 Å². The Morgan fingerprint density at radius 1 is 1.17 bits per heavy atom. The molecule has 1 aliphatic heterocycles. The number of carbonyl (C=O) groups is 1. The molecule has 0 aromatic carbocycles. The van der Waals surface area contributed by atoms with Gasteiger partial charge in [0.1, 0.15) is 11.5 Å². The molecule has 2 aromatic rings. The van der Waals surface area contributed by atoms with Crippen molar-refractivity contribution in [2.45, 2.75) is 38.6 Å². The molecule has 1 fully saturated rings. The number of likely N-dealkylation sites (tertiary alicyclic amines) is 1. The van der Waals surface area contributed by atoms with Gasteiger partial charge in [0.05, 0.1) is 19.3 Å². The van der Waals surface area contributed by atoms with E-state index in [1.165, 1.54) is 32.1 Å². The van der Waals surface area contributed by atoms with Crippen LogP contribution in [-0.4, -0.2) is 55.6 Å². The summed E-state index contributed by atoms with van der Waals surface area (Å²) in [7, 11) is 0. The van der Waals surface area contributed by atoms with Crippen LogP contribution in [0.25, 0.3) is 11.5 Å². The number of aromatic amines is 1. The zero-order chi connectivity index (χ0) is 16.6. The molecular formula is C16H23N7O. The topological polar surface area (TPSA) is 99.7 Å². The van der Waals surface area contributed by atoms with Gasteiger partial charge in [-0.3, -0.25) is 19.8 Å². The highest BCUT2D eigenvalue weighted by atomic mass is 16.2. The molecule has 0 spiro atoms. The second-order valence-corrected chi connectivity index (χ2v) is 6.02. The molecule has 0 radical (unpaired) electrons. The summed E-state index contributed by atoms with van der Waals surface area (Å²) in [6, 6.07) is 0. The average molecular weight is 329 g/mol. The molecule has 0 unspecified atom stereocenters. The molecule has 3 rings (SSSR count). The van der Waals surface area contributed by atoms with Crippen LogP contribution in [0.4, 0.5) is 0 Å². The van der Waals surface area contributed by atoms with Crippen LogP contribution in [0, 0.1) is 0 Å². The summed E-state index contributed by atoms with van der Waals surface area (Å²) < 4.78 is 0. The molecule has 3 heterocycles. The normalized spacial score (nSPS) is 16.3. The van der Waals surface area contributed by atoms with Gasteiger partial charge in [-0.2, -0.15) is 5.10 Å². The fourth-order valence-electron chi connectivity index (χ4n) is 2.82. The highest BCUT2D eigenvalue weighted by molar-refractivity contribution is 5.77. The van der Waals surface area contributed by atoms with Crippen molar-refractivity contribution in [3.63, 3.8) is 0 Å². The van der Waals surface area contributed by atoms with Gasteiger partial charge in [0.2, 0.25) is 11.7 Å². The third kappa shape index (κ3) is 4.82. The Morgan fingerprint density at radius 2 is 1.96 bits per heavy atom. The Balaban J connectivity index is 1.47. The predicted molar refractivity (Wildman–Crippen MR) is 88.8 cm³/mol. The lowest BCUT2D eigenvalue weighted by atomic mass is 10.1. The van der Waals surface area contributed by atoms with Gasteiger partial charge in [-0.25, -0.2) is 9.97 Å². The van der Waals surface area contributed by atoms with E-state index in [-0.39, 0.29) is 5.91 Å². The lowest BCUT2D eigenvalue weighted by molar-refractivity contribution is -0.122. The van der Waals surface area contributed by atoms with Crippen molar-refractivity contribution in [1.82, 2.24) is 35.4 Å². The van der Waals surface area contributed by atoms with E-state index >= 15 is 0 Å². The fraction of sp³-hybridized carbons (Fsp3) is 0.562. The summed E-state index contributed by atoms with van der Waals surface area (Å²) in [5, 5.41) is 9.82. The van der Waals surface area contributed by atoms with Crippen LogP contribution in [-0.2, 0) is 11.3 Å². The van der Waals surface area contributed by atoms with Crippen LogP contribution in [0.2, 0.25) is 0 Å². The van der Waals surface area contributed by atoms with Crippen LogP contribution < -0.4 is 5.32 Å². The highest BCUT2D eigenvalue weighted by Gasteiger charge is 2.13. The van der Waals surface area contributed by atoms with E-state index in [9.17, 15) is 4.79 Å². The molecule has 2 aromatic heterocycles. The van der Waals surface area contributed by atoms with E-state index in [4.69, 9.17) is 0 Å². The molecule has 8 nitrogen and oxygen atoms in total. The van der Waals surface area contributed by atoms with Gasteiger partial charge in [0.25, 0.3) is 0 Å². The second kappa shape index (κ2) is 8.49. The number of hydrogen-bond donors (Lipinski definition) is 2. The smallest absolute Gasteiger partial charge is 0.234 e. The van der Waals surface area contributed by atoms with Crippen molar-refractivity contribution in [1.29, 1.82) is 0 Å². The maximum Gasteiger partial charge on any atom is 0.234 e. The van der Waals surface area contributed by atoms with E-state index in [1.807, 2.05) is 0 Å². The van der Waals surface area contributed by atoms with Gasteiger partial charge < -0.3 is 5.32 Å². The van der Waals surface area contributed by atoms with Crippen molar-refractivity contribution in [2.24, 2.45) is 0 Å². The van der Waals surface area contributed by atoms with Gasteiger partial charge in [-0.05, 0) is 25.9 Å². The fourth-order valence-corrected chi connectivity index (χ4v) is 2.82. The number of carbonyl (C=O) groups excluding carboxylic acids is 1. The molecule has 0 saturated carbocycles. The van der Waals surface area contributed by atoms with Gasteiger partial charge in [-0.1, -0.05) is 19.3 Å². The first kappa shape index (κ1) is 16.5. The minimum absolute atomic E-state index is 0.0213. The van der Waals surface area contributed by atoms with Crippen LogP contribution in [0.15, 0.2) is 18.6 Å². The maximum absolute atomic E-state index is 12.1. The van der Waals surface area contributed by atoms with Crippen LogP contribution in [0.3, 0.4) is 0 Å². The molecule has 0 bridgehead atoms. The SMILES string of the molecule is O=C(CN1CCCCCCC1)NCc1nc(-c2cnccn2)n[nH]1. The van der Waals surface area contributed by atoms with Gasteiger partial charge in [-0.15, -0.1) is 0 Å². The number of nitrogens with one attached hydrogen (secondary N) is 2. The quantitative estimate of drug-likeness (QED) is 0.853. The largest absolute Gasteiger partial charge is 0.348 e. The van der Waals surface area contributed by atoms with Crippen molar-refractivity contribution in [3.8, 4) is 11.5 Å². The van der Waals surface area contributed by atoms with Gasteiger partial charge in [0.15, 0.2) is 0 Å². The zero-order valence-electron chi connectivity index (χ0n) is 13.7. The van der Waals surface area contributed by atoms with Crippen LogP contribution in [0.5, 0.6) is 0 Å². The third-order valence-corrected chi connectivity index (χ3v) is 4.09. The molecule has 0 atom stereocenters. The highest BCUT2D eigenvalue weighted by Crippen LogP contribution is 2.10. The number of hydrogen-bond acceptors (Lipinski definition) is 6. The summed E-state index contributed by atoms with van der Waals surface area (Å²) in [6.07, 6.45) is 11.0. The van der Waals surface area contributed by atoms with E-state index in [0.29, 0.717) is 30.4 Å². The summed E-state index contributed by atoms with van der Waals surface area (Å²) in [5.41, 5.74) is 0.604. The Bertz CT molecular complexity index is 635. The molecule has 2 N–H and O–H groups in total. The summed E-state index contributed by atoms with van der Waals surface area (Å²) in [4.78, 5) is 26.8. The molecule has 1 aliphatic rings. The lowest BCUT2D eigenvalue weighted by Gasteiger charge is -2.23. The van der Waals surface area contributed by atoms with Crippen LogP contribution >= 0.6 is 0 Å². The molecule has 1 saturated heterocycles. The number of amides is 1. The number of aromatic nitrogens is 5. The predicted octanol–water partition coefficient (Wildman–Crippen LogP) is 1.14. The maximum atomic E-state index is 12.1. The van der Waals surface area contributed by atoms with E-state index in [0.717, 1.165) is 13.1 Å². The molecular weight excluding hydrogens is 306 g/mol. The summed E-state index contributed by atoms with van der Waals surface area (Å²) >= 11 is 0. The number of H-pyrrole nitrogens is 1. The number of nitrogens with zero attached hydrogens (tertiary/aromatic N) is 5. The molecule has 8 heteroatoms. The van der Waals surface area contributed by atoms with Crippen LogP contribution in [0.1, 0.15) is 37.9 Å². The third-order valence-electron chi connectivity index (χ3n) is 4.09. The Kier molecular flexibility index (Phi) is 5.84. The zero-order valence-corrected chi connectivity index (χ0v) is 13.7. The molecule has 128 valence electrons. The second-order valence-electron chi connectivity index (χ2n) is 6.02. The van der Waals surface area contributed by atoms with Crippen molar-refractivity contribution >= 4 is 5.91 Å². The first-order valence-electron chi connectivity index (χ1n) is 8.48.